The number of benzene rings is 2. The van der Waals surface area contributed by atoms with Crippen molar-refractivity contribution in [2.45, 2.75) is 37.3 Å². The molecule has 6 rings (SSSR count). The molecule has 0 radical (unpaired) electrons. The quantitative estimate of drug-likeness (QED) is 0.458. The Morgan fingerprint density at radius 3 is 2.86 bits per heavy atom. The van der Waals surface area contributed by atoms with Crippen LogP contribution in [0.3, 0.4) is 0 Å². The number of nitrogens with one attached hydrogen (secondary N) is 3. The van der Waals surface area contributed by atoms with Crippen LogP contribution < -0.4 is 25.4 Å². The van der Waals surface area contributed by atoms with E-state index >= 15 is 0 Å². The minimum absolute atomic E-state index is 0.0947. The molecule has 1 fully saturated rings. The van der Waals surface area contributed by atoms with Crippen molar-refractivity contribution in [3.8, 4) is 17.2 Å². The summed E-state index contributed by atoms with van der Waals surface area (Å²) in [6.07, 6.45) is 2.41. The average Bonchev–Trinajstić information content (AvgIpc) is 3.25. The lowest BCUT2D eigenvalue weighted by molar-refractivity contribution is -0.116. The number of nitrogens with zero attached hydrogens (tertiary/aromatic N) is 1. The van der Waals surface area contributed by atoms with Gasteiger partial charge in [0.1, 0.15) is 34.5 Å². The fourth-order valence-corrected chi connectivity index (χ4v) is 4.92. The van der Waals surface area contributed by atoms with Gasteiger partial charge in [0.15, 0.2) is 11.6 Å². The summed E-state index contributed by atoms with van der Waals surface area (Å²) >= 11 is 0. The number of hydrogen-bond acceptors (Lipinski definition) is 5. The van der Waals surface area contributed by atoms with E-state index in [9.17, 15) is 22.8 Å². The first-order valence-electron chi connectivity index (χ1n) is 11.2. The smallest absolute Gasteiger partial charge is 0.319 e. The molecule has 1 saturated carbocycles. The van der Waals surface area contributed by atoms with E-state index in [1.54, 1.807) is 24.4 Å². The van der Waals surface area contributed by atoms with Crippen LogP contribution in [-0.4, -0.2) is 28.6 Å². The highest BCUT2D eigenvalue weighted by Crippen LogP contribution is 2.62. The van der Waals surface area contributed by atoms with Crippen LogP contribution in [0.4, 0.5) is 29.5 Å². The van der Waals surface area contributed by atoms with E-state index in [-0.39, 0.29) is 11.8 Å². The second-order valence-electron chi connectivity index (χ2n) is 9.07. The molecule has 3 atom stereocenters. The van der Waals surface area contributed by atoms with E-state index in [4.69, 9.17) is 9.47 Å². The zero-order valence-corrected chi connectivity index (χ0v) is 18.8. The molecular formula is C25H19F3N4O4. The van der Waals surface area contributed by atoms with Gasteiger partial charge in [0.25, 0.3) is 0 Å². The molecule has 2 aromatic carbocycles. The van der Waals surface area contributed by atoms with Crippen LogP contribution >= 0.6 is 0 Å². The predicted molar refractivity (Wildman–Crippen MR) is 122 cm³/mol. The molecule has 3 aliphatic rings. The van der Waals surface area contributed by atoms with Crippen LogP contribution in [0.15, 0.2) is 42.6 Å². The minimum Gasteiger partial charge on any atom is -0.484 e. The summed E-state index contributed by atoms with van der Waals surface area (Å²) in [6, 6.07) is 6.91. The number of amides is 3. The summed E-state index contributed by atoms with van der Waals surface area (Å²) in [6.45, 7) is 1.83. The lowest BCUT2D eigenvalue weighted by atomic mass is 10.1. The molecule has 2 aliphatic heterocycles. The molecule has 0 saturated heterocycles. The first-order chi connectivity index (χ1) is 17.2. The van der Waals surface area contributed by atoms with E-state index in [0.29, 0.717) is 48.0 Å². The molecule has 1 unspecified atom stereocenters. The van der Waals surface area contributed by atoms with Gasteiger partial charge < -0.3 is 25.4 Å². The first kappa shape index (κ1) is 22.2. The van der Waals surface area contributed by atoms with E-state index in [1.807, 2.05) is 13.0 Å². The van der Waals surface area contributed by atoms with Crippen molar-refractivity contribution in [3.05, 3.63) is 71.2 Å². The topological polar surface area (TPSA) is 102 Å². The third kappa shape index (κ3) is 3.58. The lowest BCUT2D eigenvalue weighted by Crippen LogP contribution is -2.37. The second-order valence-corrected chi connectivity index (χ2v) is 9.07. The number of aromatic nitrogens is 1. The maximum atomic E-state index is 13.9. The van der Waals surface area contributed by atoms with Crippen LogP contribution in [0.25, 0.3) is 0 Å². The third-order valence-corrected chi connectivity index (χ3v) is 6.73. The van der Waals surface area contributed by atoms with Crippen molar-refractivity contribution in [3.63, 3.8) is 0 Å². The van der Waals surface area contributed by atoms with Crippen molar-refractivity contribution >= 4 is 23.4 Å². The average molecular weight is 496 g/mol. The van der Waals surface area contributed by atoms with Gasteiger partial charge in [-0.05, 0) is 37.6 Å². The first-order valence-corrected chi connectivity index (χ1v) is 11.2. The van der Waals surface area contributed by atoms with E-state index in [1.165, 1.54) is 0 Å². The molecule has 36 heavy (non-hydrogen) atoms. The van der Waals surface area contributed by atoms with Gasteiger partial charge in [-0.1, -0.05) is 0 Å². The van der Waals surface area contributed by atoms with Crippen LogP contribution in [0.5, 0.6) is 17.2 Å². The Balaban J connectivity index is 1.18. The summed E-state index contributed by atoms with van der Waals surface area (Å²) < 4.78 is 52.9. The summed E-state index contributed by atoms with van der Waals surface area (Å²) in [7, 11) is 0. The van der Waals surface area contributed by atoms with Gasteiger partial charge in [0.05, 0.1) is 17.6 Å². The Morgan fingerprint density at radius 1 is 1.19 bits per heavy atom. The van der Waals surface area contributed by atoms with Gasteiger partial charge in [0, 0.05) is 35.9 Å². The summed E-state index contributed by atoms with van der Waals surface area (Å²) in [5.41, 5.74) is 0.293. The highest BCUT2D eigenvalue weighted by Gasteiger charge is 2.70. The van der Waals surface area contributed by atoms with Crippen molar-refractivity contribution < 1.29 is 32.2 Å². The number of halogens is 3. The van der Waals surface area contributed by atoms with Crippen LogP contribution in [0.1, 0.15) is 30.4 Å². The van der Waals surface area contributed by atoms with Crippen molar-refractivity contribution in [1.82, 2.24) is 10.3 Å². The van der Waals surface area contributed by atoms with Gasteiger partial charge >= 0.3 is 6.03 Å². The minimum atomic E-state index is -1.40. The molecular weight excluding hydrogens is 477 g/mol. The number of hydrogen-bond donors (Lipinski definition) is 3. The molecule has 184 valence electrons. The zero-order valence-electron chi connectivity index (χ0n) is 18.8. The number of fused-ring (bicyclic) bond motifs is 4. The molecule has 8 nitrogen and oxygen atoms in total. The monoisotopic (exact) mass is 496 g/mol. The maximum absolute atomic E-state index is 13.9. The Labute approximate surface area is 202 Å². The SMILES string of the molecule is CC12Oc3ccc(Oc4ccnc5c4CCC(=O)N5)cc3[C@H]1[C@@H]2NC(=O)Nc1cc(F)cc(F)c1F. The van der Waals surface area contributed by atoms with Crippen LogP contribution in [-0.2, 0) is 11.2 Å². The summed E-state index contributed by atoms with van der Waals surface area (Å²) in [5.74, 6) is -1.82. The Hall–Kier alpha value is -4.28. The standard InChI is InChI=1S/C25H19F3N4O4/c1-25-20(22(25)32-24(34)30-16-9-11(26)8-15(27)21(16)28)14-10-12(2-4-18(14)36-25)35-17-6-7-29-23-13(17)3-5-19(33)31-23/h2,4,6-10,20,22H,3,5H2,1H3,(H,29,31,33)(H2,30,32,34)/t20-,22-,25?/m0/s1. The number of urea groups is 1. The van der Waals surface area contributed by atoms with Crippen LogP contribution in [0.2, 0.25) is 0 Å². The van der Waals surface area contributed by atoms with Gasteiger partial charge in [-0.2, -0.15) is 0 Å². The second kappa shape index (κ2) is 7.87. The third-order valence-electron chi connectivity index (χ3n) is 6.73. The number of carbonyl (C=O) groups excluding carboxylic acids is 2. The number of ether oxygens (including phenoxy) is 2. The normalized spacial score (nSPS) is 22.9. The highest BCUT2D eigenvalue weighted by atomic mass is 19.2. The zero-order chi connectivity index (χ0) is 25.2. The van der Waals surface area contributed by atoms with Crippen molar-refractivity contribution in [2.24, 2.45) is 0 Å². The van der Waals surface area contributed by atoms with E-state index in [2.05, 4.69) is 20.9 Å². The number of anilines is 2. The Morgan fingerprint density at radius 2 is 2.03 bits per heavy atom. The number of rotatable bonds is 4. The molecule has 0 spiro atoms. The molecule has 3 aromatic rings. The number of carbonyl (C=O) groups is 2. The molecule has 1 aliphatic carbocycles. The fourth-order valence-electron chi connectivity index (χ4n) is 4.92. The van der Waals surface area contributed by atoms with Crippen LogP contribution in [0, 0.1) is 17.5 Å². The Bertz CT molecular complexity index is 1450. The molecule has 3 amide bonds. The van der Waals surface area contributed by atoms with Crippen molar-refractivity contribution in [2.75, 3.05) is 10.6 Å². The molecule has 11 heteroatoms. The maximum Gasteiger partial charge on any atom is 0.319 e. The van der Waals surface area contributed by atoms with E-state index < -0.39 is 40.8 Å². The summed E-state index contributed by atoms with van der Waals surface area (Å²) in [5, 5.41) is 7.58. The van der Waals surface area contributed by atoms with Gasteiger partial charge in [-0.15, -0.1) is 0 Å². The lowest BCUT2D eigenvalue weighted by Gasteiger charge is -2.19. The Kier molecular flexibility index (Phi) is 4.85. The van der Waals surface area contributed by atoms with Gasteiger partial charge in [0.2, 0.25) is 5.91 Å². The predicted octanol–water partition coefficient (Wildman–Crippen LogP) is 4.61. The van der Waals surface area contributed by atoms with Gasteiger partial charge in [-0.25, -0.2) is 22.9 Å². The van der Waals surface area contributed by atoms with Crippen molar-refractivity contribution in [1.29, 1.82) is 0 Å². The molecule has 0 bridgehead atoms. The molecule has 3 N–H and O–H groups in total. The largest absolute Gasteiger partial charge is 0.484 e. The fraction of sp³-hybridized carbons (Fsp3) is 0.240. The highest BCUT2D eigenvalue weighted by molar-refractivity contribution is 5.93. The van der Waals surface area contributed by atoms with Gasteiger partial charge in [-0.3, -0.25) is 4.79 Å². The summed E-state index contributed by atoms with van der Waals surface area (Å²) in [4.78, 5) is 28.3. The van der Waals surface area contributed by atoms with E-state index in [0.717, 1.165) is 11.1 Å². The number of pyridine rings is 1. The molecule has 3 heterocycles. The molecule has 1 aromatic heterocycles.